The molecule has 3 nitrogen and oxygen atoms in total. The van der Waals surface area contributed by atoms with Crippen molar-refractivity contribution < 1.29 is 4.74 Å². The Morgan fingerprint density at radius 2 is 2.24 bits per heavy atom. The number of ether oxygens (including phenoxy) is 1. The van der Waals surface area contributed by atoms with Crippen LogP contribution in [0.4, 0.5) is 0 Å². The number of benzene rings is 1. The smallest absolute Gasteiger partial charge is 0.137 e. The van der Waals surface area contributed by atoms with E-state index in [1.165, 1.54) is 12.8 Å². The average Bonchev–Trinajstić information content (AvgIpc) is 3.13. The van der Waals surface area contributed by atoms with Gasteiger partial charge in [-0.15, -0.1) is 0 Å². The third-order valence-electron chi connectivity index (χ3n) is 3.13. The lowest BCUT2D eigenvalue weighted by atomic mass is 10.1. The monoisotopic (exact) mass is 230 g/mol. The Labute approximate surface area is 103 Å². The summed E-state index contributed by atoms with van der Waals surface area (Å²) in [5, 5.41) is 8.98. The SMILES string of the molecule is Cc1ccc(C#N)c(OCCN(C)C2CC2)c1. The van der Waals surface area contributed by atoms with E-state index in [2.05, 4.69) is 18.0 Å². The minimum atomic E-state index is 0.615. The molecule has 0 spiro atoms. The first-order valence-corrected chi connectivity index (χ1v) is 6.04. The first-order chi connectivity index (χ1) is 8.20. The molecular weight excluding hydrogens is 212 g/mol. The summed E-state index contributed by atoms with van der Waals surface area (Å²) in [4.78, 5) is 2.32. The number of hydrogen-bond donors (Lipinski definition) is 0. The van der Waals surface area contributed by atoms with Gasteiger partial charge in [0.25, 0.3) is 0 Å². The maximum Gasteiger partial charge on any atom is 0.137 e. The summed E-state index contributed by atoms with van der Waals surface area (Å²) in [6, 6.07) is 8.59. The van der Waals surface area contributed by atoms with Crippen molar-refractivity contribution in [2.45, 2.75) is 25.8 Å². The summed E-state index contributed by atoms with van der Waals surface area (Å²) in [6.07, 6.45) is 2.62. The largest absolute Gasteiger partial charge is 0.491 e. The number of rotatable bonds is 5. The first-order valence-electron chi connectivity index (χ1n) is 6.04. The van der Waals surface area contributed by atoms with Gasteiger partial charge in [-0.2, -0.15) is 5.26 Å². The van der Waals surface area contributed by atoms with Gasteiger partial charge in [0.05, 0.1) is 5.56 Å². The Hall–Kier alpha value is -1.53. The van der Waals surface area contributed by atoms with Gasteiger partial charge < -0.3 is 9.64 Å². The van der Waals surface area contributed by atoms with Crippen LogP contribution in [-0.4, -0.2) is 31.1 Å². The lowest BCUT2D eigenvalue weighted by Crippen LogP contribution is -2.26. The molecule has 0 aliphatic heterocycles. The van der Waals surface area contributed by atoms with E-state index in [9.17, 15) is 0 Å². The molecule has 0 amide bonds. The molecule has 0 unspecified atom stereocenters. The molecule has 1 aromatic carbocycles. The summed E-state index contributed by atoms with van der Waals surface area (Å²) in [6.45, 7) is 3.57. The molecule has 0 atom stereocenters. The van der Waals surface area contributed by atoms with Crippen LogP contribution in [0.2, 0.25) is 0 Å². The molecule has 0 radical (unpaired) electrons. The Kier molecular flexibility index (Phi) is 3.65. The maximum atomic E-state index is 8.98. The minimum Gasteiger partial charge on any atom is -0.491 e. The van der Waals surface area contributed by atoms with Crippen molar-refractivity contribution >= 4 is 0 Å². The van der Waals surface area contributed by atoms with Gasteiger partial charge in [-0.25, -0.2) is 0 Å². The van der Waals surface area contributed by atoms with Crippen LogP contribution in [0.5, 0.6) is 5.75 Å². The maximum absolute atomic E-state index is 8.98. The van der Waals surface area contributed by atoms with Crippen LogP contribution in [0.1, 0.15) is 24.0 Å². The number of hydrogen-bond acceptors (Lipinski definition) is 3. The van der Waals surface area contributed by atoms with Crippen molar-refractivity contribution in [2.24, 2.45) is 0 Å². The van der Waals surface area contributed by atoms with E-state index in [1.54, 1.807) is 0 Å². The third kappa shape index (κ3) is 3.21. The Morgan fingerprint density at radius 1 is 1.47 bits per heavy atom. The van der Waals surface area contributed by atoms with E-state index in [-0.39, 0.29) is 0 Å². The highest BCUT2D eigenvalue weighted by molar-refractivity contribution is 5.44. The molecule has 0 aromatic heterocycles. The molecule has 0 bridgehead atoms. The zero-order valence-corrected chi connectivity index (χ0v) is 10.4. The van der Waals surface area contributed by atoms with E-state index >= 15 is 0 Å². The highest BCUT2D eigenvalue weighted by Gasteiger charge is 2.25. The Morgan fingerprint density at radius 3 is 2.88 bits per heavy atom. The zero-order chi connectivity index (χ0) is 12.3. The first kappa shape index (κ1) is 11.9. The predicted octanol–water partition coefficient (Wildman–Crippen LogP) is 2.34. The second kappa shape index (κ2) is 5.20. The van der Waals surface area contributed by atoms with Gasteiger partial charge in [-0.3, -0.25) is 0 Å². The lowest BCUT2D eigenvalue weighted by molar-refractivity contribution is 0.231. The van der Waals surface area contributed by atoms with Crippen molar-refractivity contribution in [1.82, 2.24) is 4.90 Å². The quantitative estimate of drug-likeness (QED) is 0.779. The van der Waals surface area contributed by atoms with Gasteiger partial charge in [0.15, 0.2) is 0 Å². The molecule has 0 heterocycles. The Bertz CT molecular complexity index is 432. The normalized spacial score (nSPS) is 14.7. The van der Waals surface area contributed by atoms with Gasteiger partial charge in [0, 0.05) is 12.6 Å². The molecule has 0 saturated heterocycles. The molecule has 2 rings (SSSR count). The molecular formula is C14H18N2O. The fraction of sp³-hybridized carbons (Fsp3) is 0.500. The third-order valence-corrected chi connectivity index (χ3v) is 3.13. The molecule has 17 heavy (non-hydrogen) atoms. The van der Waals surface area contributed by atoms with Crippen LogP contribution in [0.25, 0.3) is 0 Å². The van der Waals surface area contributed by atoms with Crippen molar-refractivity contribution in [2.75, 3.05) is 20.2 Å². The average molecular weight is 230 g/mol. The molecule has 1 saturated carbocycles. The molecule has 1 aliphatic rings. The van der Waals surface area contributed by atoms with Crippen molar-refractivity contribution in [3.63, 3.8) is 0 Å². The highest BCUT2D eigenvalue weighted by atomic mass is 16.5. The van der Waals surface area contributed by atoms with Crippen LogP contribution in [-0.2, 0) is 0 Å². The molecule has 90 valence electrons. The van der Waals surface area contributed by atoms with Crippen molar-refractivity contribution in [3.05, 3.63) is 29.3 Å². The van der Waals surface area contributed by atoms with E-state index in [1.807, 2.05) is 25.1 Å². The molecule has 0 N–H and O–H groups in total. The van der Waals surface area contributed by atoms with Gasteiger partial charge in [-0.05, 0) is 44.5 Å². The van der Waals surface area contributed by atoms with Crippen LogP contribution < -0.4 is 4.74 Å². The summed E-state index contributed by atoms with van der Waals surface area (Å²) in [5.74, 6) is 0.705. The van der Waals surface area contributed by atoms with Crippen LogP contribution in [0.15, 0.2) is 18.2 Å². The van der Waals surface area contributed by atoms with Gasteiger partial charge in [-0.1, -0.05) is 6.07 Å². The topological polar surface area (TPSA) is 36.3 Å². The second-order valence-electron chi connectivity index (χ2n) is 4.67. The number of nitriles is 1. The van der Waals surface area contributed by atoms with Gasteiger partial charge >= 0.3 is 0 Å². The standard InChI is InChI=1S/C14H18N2O/c1-11-3-4-12(10-15)14(9-11)17-8-7-16(2)13-5-6-13/h3-4,9,13H,5-8H2,1-2H3. The van der Waals surface area contributed by atoms with E-state index in [4.69, 9.17) is 10.00 Å². The van der Waals surface area contributed by atoms with Gasteiger partial charge in [0.1, 0.15) is 18.4 Å². The van der Waals surface area contributed by atoms with Crippen LogP contribution in [0, 0.1) is 18.3 Å². The van der Waals surface area contributed by atoms with Crippen LogP contribution in [0.3, 0.4) is 0 Å². The molecule has 1 aliphatic carbocycles. The zero-order valence-electron chi connectivity index (χ0n) is 10.4. The molecule has 3 heteroatoms. The van der Waals surface area contributed by atoms with E-state index in [0.717, 1.165) is 18.2 Å². The number of likely N-dealkylation sites (N-methyl/N-ethyl adjacent to an activating group) is 1. The summed E-state index contributed by atoms with van der Waals surface area (Å²) >= 11 is 0. The van der Waals surface area contributed by atoms with Crippen molar-refractivity contribution in [1.29, 1.82) is 5.26 Å². The predicted molar refractivity (Wildman–Crippen MR) is 67.0 cm³/mol. The summed E-state index contributed by atoms with van der Waals surface area (Å²) in [5.41, 5.74) is 1.74. The highest BCUT2D eigenvalue weighted by Crippen LogP contribution is 2.25. The lowest BCUT2D eigenvalue weighted by Gasteiger charge is -2.16. The number of aryl methyl sites for hydroxylation is 1. The van der Waals surface area contributed by atoms with E-state index < -0.39 is 0 Å². The van der Waals surface area contributed by atoms with Gasteiger partial charge in [0.2, 0.25) is 0 Å². The summed E-state index contributed by atoms with van der Waals surface area (Å²) in [7, 11) is 2.13. The second-order valence-corrected chi connectivity index (χ2v) is 4.67. The molecule has 1 fully saturated rings. The van der Waals surface area contributed by atoms with E-state index in [0.29, 0.717) is 17.9 Å². The fourth-order valence-electron chi connectivity index (χ4n) is 1.84. The molecule has 1 aromatic rings. The minimum absolute atomic E-state index is 0.615. The number of nitrogens with zero attached hydrogens (tertiary/aromatic N) is 2. The fourth-order valence-corrected chi connectivity index (χ4v) is 1.84. The Balaban J connectivity index is 1.89. The summed E-state index contributed by atoms with van der Waals surface area (Å²) < 4.78 is 5.69. The van der Waals surface area contributed by atoms with Crippen molar-refractivity contribution in [3.8, 4) is 11.8 Å². The van der Waals surface area contributed by atoms with Crippen LogP contribution >= 0.6 is 0 Å².